The Hall–Kier alpha value is -1.85. The predicted octanol–water partition coefficient (Wildman–Crippen LogP) is 2.06. The van der Waals surface area contributed by atoms with Crippen molar-refractivity contribution in [3.8, 4) is 0 Å². The molecule has 0 aliphatic carbocycles. The van der Waals surface area contributed by atoms with Crippen molar-refractivity contribution in [3.05, 3.63) is 11.9 Å². The third kappa shape index (κ3) is 3.43. The summed E-state index contributed by atoms with van der Waals surface area (Å²) in [6.07, 6.45) is 3.73. The van der Waals surface area contributed by atoms with Gasteiger partial charge in [-0.1, -0.05) is 13.8 Å². The zero-order chi connectivity index (χ0) is 15.4. The first-order valence-electron chi connectivity index (χ1n) is 7.62. The van der Waals surface area contributed by atoms with Crippen molar-refractivity contribution in [2.75, 3.05) is 30.8 Å². The van der Waals surface area contributed by atoms with Crippen molar-refractivity contribution >= 4 is 17.5 Å². The molecule has 0 bridgehead atoms. The molecular weight excluding hydrogens is 266 g/mol. The molecule has 116 valence electrons. The predicted molar refractivity (Wildman–Crippen MR) is 84.6 cm³/mol. The van der Waals surface area contributed by atoms with E-state index in [1.165, 1.54) is 6.33 Å². The van der Waals surface area contributed by atoms with E-state index in [9.17, 15) is 4.79 Å². The lowest BCUT2D eigenvalue weighted by atomic mass is 10.0. The second kappa shape index (κ2) is 6.74. The van der Waals surface area contributed by atoms with Crippen molar-refractivity contribution in [3.63, 3.8) is 0 Å². The van der Waals surface area contributed by atoms with E-state index in [0.29, 0.717) is 0 Å². The average molecular weight is 291 g/mol. The Bertz CT molecular complexity index is 497. The second-order valence-electron chi connectivity index (χ2n) is 5.79. The van der Waals surface area contributed by atoms with Crippen LogP contribution >= 0.6 is 0 Å². The van der Waals surface area contributed by atoms with E-state index >= 15 is 0 Å². The Morgan fingerprint density at radius 2 is 1.81 bits per heavy atom. The summed E-state index contributed by atoms with van der Waals surface area (Å²) in [6.45, 7) is 7.82. The summed E-state index contributed by atoms with van der Waals surface area (Å²) in [5, 5.41) is 6.35. The lowest BCUT2D eigenvalue weighted by molar-refractivity contribution is -0.130. The minimum Gasteiger partial charge on any atom is -0.373 e. The van der Waals surface area contributed by atoms with Crippen LogP contribution in [-0.2, 0) is 4.79 Å². The molecule has 0 radical (unpaired) electrons. The molecule has 0 saturated carbocycles. The van der Waals surface area contributed by atoms with Gasteiger partial charge in [-0.3, -0.25) is 4.79 Å². The molecule has 0 aromatic carbocycles. The van der Waals surface area contributed by atoms with Gasteiger partial charge in [0.25, 0.3) is 0 Å². The van der Waals surface area contributed by atoms with Crippen LogP contribution in [0, 0.1) is 0 Å². The van der Waals surface area contributed by atoms with Crippen LogP contribution in [0.15, 0.2) is 6.33 Å². The maximum absolute atomic E-state index is 12.4. The number of hydrogen-bond acceptors (Lipinski definition) is 5. The highest BCUT2D eigenvalue weighted by Gasteiger charge is 2.25. The van der Waals surface area contributed by atoms with E-state index in [2.05, 4.69) is 34.4 Å². The lowest BCUT2D eigenvalue weighted by Crippen LogP contribution is -2.40. The number of likely N-dealkylation sites (tertiary alicyclic amines) is 1. The van der Waals surface area contributed by atoms with Crippen LogP contribution in [0.25, 0.3) is 0 Å². The minimum absolute atomic E-state index is 0.145. The molecule has 1 atom stereocenters. The fourth-order valence-corrected chi connectivity index (χ4v) is 2.73. The van der Waals surface area contributed by atoms with Gasteiger partial charge in [0, 0.05) is 25.7 Å². The summed E-state index contributed by atoms with van der Waals surface area (Å²) in [5.74, 6) is 1.96. The van der Waals surface area contributed by atoms with Gasteiger partial charge in [0.1, 0.15) is 24.0 Å². The summed E-state index contributed by atoms with van der Waals surface area (Å²) < 4.78 is 0. The first kappa shape index (κ1) is 15.5. The SMILES string of the molecule is CNc1ncnc(NC(C)C(=O)N2CCCC2)c1C(C)C. The number of aromatic nitrogens is 2. The van der Waals surface area contributed by atoms with Gasteiger partial charge in [-0.15, -0.1) is 0 Å². The van der Waals surface area contributed by atoms with Gasteiger partial charge in [0.15, 0.2) is 0 Å². The molecule has 2 heterocycles. The van der Waals surface area contributed by atoms with Gasteiger partial charge in [-0.2, -0.15) is 0 Å². The van der Waals surface area contributed by atoms with E-state index < -0.39 is 0 Å². The first-order chi connectivity index (χ1) is 10.0. The highest BCUT2D eigenvalue weighted by Crippen LogP contribution is 2.28. The van der Waals surface area contributed by atoms with Crippen LogP contribution in [0.1, 0.15) is 45.1 Å². The molecule has 1 amide bonds. The monoisotopic (exact) mass is 291 g/mol. The van der Waals surface area contributed by atoms with Gasteiger partial charge < -0.3 is 15.5 Å². The largest absolute Gasteiger partial charge is 0.373 e. The number of carbonyl (C=O) groups is 1. The van der Waals surface area contributed by atoms with Gasteiger partial charge >= 0.3 is 0 Å². The molecular formula is C15H25N5O. The quantitative estimate of drug-likeness (QED) is 0.869. The average Bonchev–Trinajstić information content (AvgIpc) is 2.99. The third-order valence-corrected chi connectivity index (χ3v) is 3.84. The molecule has 0 spiro atoms. The van der Waals surface area contributed by atoms with E-state index in [1.54, 1.807) is 0 Å². The van der Waals surface area contributed by atoms with Gasteiger partial charge in [-0.05, 0) is 25.7 Å². The van der Waals surface area contributed by atoms with Crippen molar-refractivity contribution in [1.29, 1.82) is 0 Å². The van der Waals surface area contributed by atoms with Gasteiger partial charge in [0.05, 0.1) is 0 Å². The summed E-state index contributed by atoms with van der Waals surface area (Å²) in [6, 6.07) is -0.278. The summed E-state index contributed by atoms with van der Waals surface area (Å²) >= 11 is 0. The molecule has 21 heavy (non-hydrogen) atoms. The van der Waals surface area contributed by atoms with Crippen LogP contribution in [0.3, 0.4) is 0 Å². The molecule has 1 unspecified atom stereocenters. The summed E-state index contributed by atoms with van der Waals surface area (Å²) in [4.78, 5) is 22.9. The Balaban J connectivity index is 2.16. The first-order valence-corrected chi connectivity index (χ1v) is 7.62. The smallest absolute Gasteiger partial charge is 0.244 e. The Morgan fingerprint density at radius 3 is 2.38 bits per heavy atom. The van der Waals surface area contributed by atoms with E-state index in [1.807, 2.05) is 18.9 Å². The van der Waals surface area contributed by atoms with E-state index in [4.69, 9.17) is 0 Å². The minimum atomic E-state index is -0.278. The van der Waals surface area contributed by atoms with Crippen LogP contribution < -0.4 is 10.6 Å². The Morgan fingerprint density at radius 1 is 1.19 bits per heavy atom. The van der Waals surface area contributed by atoms with Crippen LogP contribution in [0.2, 0.25) is 0 Å². The van der Waals surface area contributed by atoms with E-state index in [0.717, 1.165) is 43.1 Å². The number of carbonyl (C=O) groups excluding carboxylic acids is 1. The van der Waals surface area contributed by atoms with E-state index in [-0.39, 0.29) is 17.9 Å². The molecule has 1 saturated heterocycles. The maximum Gasteiger partial charge on any atom is 0.244 e. The highest BCUT2D eigenvalue weighted by atomic mass is 16.2. The summed E-state index contributed by atoms with van der Waals surface area (Å²) in [7, 11) is 1.84. The molecule has 6 heteroatoms. The van der Waals surface area contributed by atoms with Gasteiger partial charge in [0.2, 0.25) is 5.91 Å². The molecule has 1 aliphatic rings. The lowest BCUT2D eigenvalue weighted by Gasteiger charge is -2.23. The standard InChI is InChI=1S/C15H25N5O/c1-10(2)12-13(16-4)17-9-18-14(12)19-11(3)15(21)20-7-5-6-8-20/h9-11H,5-8H2,1-4H3,(H2,16,17,18,19). The highest BCUT2D eigenvalue weighted by molar-refractivity contribution is 5.84. The van der Waals surface area contributed by atoms with Crippen molar-refractivity contribution in [1.82, 2.24) is 14.9 Å². The molecule has 1 aromatic rings. The maximum atomic E-state index is 12.4. The van der Waals surface area contributed by atoms with Crippen molar-refractivity contribution in [2.45, 2.75) is 45.6 Å². The van der Waals surface area contributed by atoms with Crippen molar-refractivity contribution < 1.29 is 4.79 Å². The molecule has 2 N–H and O–H groups in total. The number of anilines is 2. The van der Waals surface area contributed by atoms with Crippen LogP contribution in [0.4, 0.5) is 11.6 Å². The molecule has 6 nitrogen and oxygen atoms in total. The topological polar surface area (TPSA) is 70.1 Å². The number of amides is 1. The molecule has 1 aromatic heterocycles. The molecule has 1 fully saturated rings. The third-order valence-electron chi connectivity index (χ3n) is 3.84. The van der Waals surface area contributed by atoms with Crippen LogP contribution in [-0.4, -0.2) is 47.0 Å². The van der Waals surface area contributed by atoms with Crippen LogP contribution in [0.5, 0.6) is 0 Å². The summed E-state index contributed by atoms with van der Waals surface area (Å²) in [5.41, 5.74) is 1.01. The second-order valence-corrected chi connectivity index (χ2v) is 5.79. The zero-order valence-corrected chi connectivity index (χ0v) is 13.3. The van der Waals surface area contributed by atoms with Crippen molar-refractivity contribution in [2.24, 2.45) is 0 Å². The molecule has 1 aliphatic heterocycles. The number of hydrogen-bond donors (Lipinski definition) is 2. The fourth-order valence-electron chi connectivity index (χ4n) is 2.73. The number of rotatable bonds is 5. The molecule has 2 rings (SSSR count). The van der Waals surface area contributed by atoms with Gasteiger partial charge in [-0.25, -0.2) is 9.97 Å². The zero-order valence-electron chi connectivity index (χ0n) is 13.3. The number of nitrogens with one attached hydrogen (secondary N) is 2. The Labute approximate surface area is 126 Å². The normalized spacial score (nSPS) is 16.1. The fraction of sp³-hybridized carbons (Fsp3) is 0.667. The Kier molecular flexibility index (Phi) is 4.98. The number of nitrogens with zero attached hydrogens (tertiary/aromatic N) is 3.